The molecule has 4 aromatic rings. The van der Waals surface area contributed by atoms with Gasteiger partial charge in [-0.2, -0.15) is 0 Å². The van der Waals surface area contributed by atoms with Gasteiger partial charge in [0, 0.05) is 7.05 Å². The molecule has 0 atom stereocenters. The van der Waals surface area contributed by atoms with E-state index in [1.807, 2.05) is 0 Å². The van der Waals surface area contributed by atoms with Gasteiger partial charge in [0.2, 0.25) is 5.96 Å². The number of hydrogen-bond acceptors (Lipinski definition) is 5. The molecular formula is C18H17N5S2. The lowest BCUT2D eigenvalue weighted by atomic mass is 10.2. The first-order valence-electron chi connectivity index (χ1n) is 7.87. The van der Waals surface area contributed by atoms with Crippen molar-refractivity contribution in [3.05, 3.63) is 47.5 Å². The summed E-state index contributed by atoms with van der Waals surface area (Å²) >= 11 is 3.23. The number of anilines is 2. The van der Waals surface area contributed by atoms with E-state index in [-0.39, 0.29) is 0 Å². The Morgan fingerprint density at radius 1 is 0.840 bits per heavy atom. The predicted octanol–water partition coefficient (Wildman–Crippen LogP) is 5.03. The average Bonchev–Trinajstić information content (AvgIpc) is 3.19. The van der Waals surface area contributed by atoms with Gasteiger partial charge in [0.05, 0.1) is 20.4 Å². The molecule has 0 amide bonds. The third-order valence-electron chi connectivity index (χ3n) is 3.92. The van der Waals surface area contributed by atoms with Crippen molar-refractivity contribution < 1.29 is 0 Å². The van der Waals surface area contributed by atoms with E-state index in [1.54, 1.807) is 29.7 Å². The standard InChI is InChI=1S/C18H17N5S2/c1-10-6-4-8-12-14(10)20-17(24-12)22-16(19-3)23-18-21-15-11(2)7-5-9-13(15)25-18/h4-9H,1-3H3,(H2,19,20,21,22,23). The van der Waals surface area contributed by atoms with Gasteiger partial charge >= 0.3 is 0 Å². The molecule has 0 spiro atoms. The Bertz CT molecular complexity index is 1010. The molecular weight excluding hydrogens is 350 g/mol. The van der Waals surface area contributed by atoms with Crippen LogP contribution in [0, 0.1) is 13.8 Å². The third-order valence-corrected chi connectivity index (χ3v) is 5.79. The molecule has 7 heteroatoms. The Morgan fingerprint density at radius 2 is 1.32 bits per heavy atom. The zero-order chi connectivity index (χ0) is 17.4. The van der Waals surface area contributed by atoms with Gasteiger partial charge in [-0.05, 0) is 37.1 Å². The summed E-state index contributed by atoms with van der Waals surface area (Å²) in [5.41, 5.74) is 4.40. The fourth-order valence-corrected chi connectivity index (χ4v) is 4.51. The highest BCUT2D eigenvalue weighted by atomic mass is 32.1. The van der Waals surface area contributed by atoms with Crippen molar-refractivity contribution in [2.75, 3.05) is 17.7 Å². The topological polar surface area (TPSA) is 62.2 Å². The summed E-state index contributed by atoms with van der Waals surface area (Å²) in [6.45, 7) is 4.14. The molecule has 0 aliphatic heterocycles. The van der Waals surface area contributed by atoms with Crippen LogP contribution in [0.1, 0.15) is 11.1 Å². The van der Waals surface area contributed by atoms with Crippen molar-refractivity contribution in [1.82, 2.24) is 9.97 Å². The first kappa shape index (κ1) is 16.0. The van der Waals surface area contributed by atoms with E-state index >= 15 is 0 Å². The van der Waals surface area contributed by atoms with E-state index in [1.165, 1.54) is 11.1 Å². The van der Waals surface area contributed by atoms with Crippen LogP contribution in [0.3, 0.4) is 0 Å². The summed E-state index contributed by atoms with van der Waals surface area (Å²) in [5.74, 6) is 0.633. The van der Waals surface area contributed by atoms with E-state index in [0.29, 0.717) is 5.96 Å². The summed E-state index contributed by atoms with van der Waals surface area (Å²) in [5, 5.41) is 8.16. The number of rotatable bonds is 2. The van der Waals surface area contributed by atoms with Gasteiger partial charge in [0.15, 0.2) is 10.3 Å². The zero-order valence-corrected chi connectivity index (χ0v) is 15.8. The molecule has 0 unspecified atom stereocenters. The minimum absolute atomic E-state index is 0.633. The highest BCUT2D eigenvalue weighted by molar-refractivity contribution is 7.23. The Labute approximate surface area is 153 Å². The number of para-hydroxylation sites is 2. The molecule has 0 saturated carbocycles. The molecule has 2 N–H and O–H groups in total. The third kappa shape index (κ3) is 3.08. The smallest absolute Gasteiger partial charge is 0.203 e. The fourth-order valence-electron chi connectivity index (χ4n) is 2.62. The van der Waals surface area contributed by atoms with Crippen molar-refractivity contribution in [2.24, 2.45) is 4.99 Å². The monoisotopic (exact) mass is 367 g/mol. The van der Waals surface area contributed by atoms with E-state index in [2.05, 4.69) is 75.8 Å². The molecule has 2 aromatic heterocycles. The maximum atomic E-state index is 4.67. The second kappa shape index (κ2) is 6.42. The van der Waals surface area contributed by atoms with Gasteiger partial charge in [-0.3, -0.25) is 4.99 Å². The van der Waals surface area contributed by atoms with Gasteiger partial charge in [-0.1, -0.05) is 46.9 Å². The highest BCUT2D eigenvalue weighted by Crippen LogP contribution is 2.29. The summed E-state index contributed by atoms with van der Waals surface area (Å²) in [6.07, 6.45) is 0. The van der Waals surface area contributed by atoms with Crippen LogP contribution in [0.15, 0.2) is 41.4 Å². The molecule has 2 heterocycles. The van der Waals surface area contributed by atoms with Crippen molar-refractivity contribution in [1.29, 1.82) is 0 Å². The second-order valence-corrected chi connectivity index (χ2v) is 7.76. The van der Waals surface area contributed by atoms with Gasteiger partial charge < -0.3 is 10.6 Å². The van der Waals surface area contributed by atoms with Crippen LogP contribution in [0.5, 0.6) is 0 Å². The number of aliphatic imine (C=N–C) groups is 1. The van der Waals surface area contributed by atoms with Crippen LogP contribution in [0.25, 0.3) is 20.4 Å². The number of hydrogen-bond donors (Lipinski definition) is 2. The van der Waals surface area contributed by atoms with Crippen LogP contribution >= 0.6 is 22.7 Å². The molecule has 0 saturated heterocycles. The largest absolute Gasteiger partial charge is 0.302 e. The predicted molar refractivity (Wildman–Crippen MR) is 109 cm³/mol. The van der Waals surface area contributed by atoms with Crippen molar-refractivity contribution in [3.63, 3.8) is 0 Å². The fraction of sp³-hybridized carbons (Fsp3) is 0.167. The molecule has 0 radical (unpaired) electrons. The normalized spacial score (nSPS) is 11.0. The Balaban J connectivity index is 1.59. The first-order chi connectivity index (χ1) is 12.1. The summed E-state index contributed by atoms with van der Waals surface area (Å²) in [7, 11) is 1.74. The SMILES string of the molecule is CN=C(Nc1nc2c(C)cccc2s1)Nc1nc2c(C)cccc2s1. The number of fused-ring (bicyclic) bond motifs is 2. The highest BCUT2D eigenvalue weighted by Gasteiger charge is 2.11. The lowest BCUT2D eigenvalue weighted by molar-refractivity contribution is 1.35. The molecule has 0 bridgehead atoms. The van der Waals surface area contributed by atoms with Crippen molar-refractivity contribution in [3.8, 4) is 0 Å². The number of aromatic nitrogens is 2. The van der Waals surface area contributed by atoms with Crippen molar-refractivity contribution >= 4 is 59.3 Å². The molecule has 0 fully saturated rings. The molecule has 5 nitrogen and oxygen atoms in total. The zero-order valence-electron chi connectivity index (χ0n) is 14.1. The van der Waals surface area contributed by atoms with Crippen LogP contribution in [-0.4, -0.2) is 23.0 Å². The molecule has 0 aliphatic carbocycles. The van der Waals surface area contributed by atoms with Gasteiger partial charge in [-0.25, -0.2) is 9.97 Å². The van der Waals surface area contributed by atoms with E-state index in [9.17, 15) is 0 Å². The number of nitrogens with one attached hydrogen (secondary N) is 2. The van der Waals surface area contributed by atoms with Crippen LogP contribution in [0.4, 0.5) is 10.3 Å². The van der Waals surface area contributed by atoms with Gasteiger partial charge in [0.25, 0.3) is 0 Å². The molecule has 2 aromatic carbocycles. The number of aryl methyl sites for hydroxylation is 2. The lowest BCUT2D eigenvalue weighted by Crippen LogP contribution is -2.21. The number of benzene rings is 2. The summed E-state index contributed by atoms with van der Waals surface area (Å²) in [6, 6.07) is 12.4. The maximum absolute atomic E-state index is 4.67. The Hall–Kier alpha value is -2.51. The maximum Gasteiger partial charge on any atom is 0.203 e. The van der Waals surface area contributed by atoms with Gasteiger partial charge in [-0.15, -0.1) is 0 Å². The molecule has 4 rings (SSSR count). The average molecular weight is 368 g/mol. The molecule has 25 heavy (non-hydrogen) atoms. The van der Waals surface area contributed by atoms with Crippen LogP contribution < -0.4 is 10.6 Å². The Kier molecular flexibility index (Phi) is 4.10. The van der Waals surface area contributed by atoms with Crippen molar-refractivity contribution in [2.45, 2.75) is 13.8 Å². The number of thiazole rings is 2. The quantitative estimate of drug-likeness (QED) is 0.385. The molecule has 0 aliphatic rings. The number of guanidine groups is 1. The van der Waals surface area contributed by atoms with Gasteiger partial charge in [0.1, 0.15) is 0 Å². The van der Waals surface area contributed by atoms with E-state index in [0.717, 1.165) is 30.7 Å². The van der Waals surface area contributed by atoms with Crippen LogP contribution in [0.2, 0.25) is 0 Å². The van der Waals surface area contributed by atoms with E-state index < -0.39 is 0 Å². The summed E-state index contributed by atoms with van der Waals surface area (Å²) in [4.78, 5) is 13.6. The van der Waals surface area contributed by atoms with Crippen LogP contribution in [-0.2, 0) is 0 Å². The second-order valence-electron chi connectivity index (χ2n) is 5.70. The molecule has 126 valence electrons. The summed E-state index contributed by atoms with van der Waals surface area (Å²) < 4.78 is 2.32. The number of nitrogens with zero attached hydrogens (tertiary/aromatic N) is 3. The minimum Gasteiger partial charge on any atom is -0.302 e. The van der Waals surface area contributed by atoms with E-state index in [4.69, 9.17) is 0 Å². The Morgan fingerprint density at radius 3 is 1.72 bits per heavy atom. The minimum atomic E-state index is 0.633. The lowest BCUT2D eigenvalue weighted by Gasteiger charge is -2.06. The first-order valence-corrected chi connectivity index (χ1v) is 9.50.